The number of para-hydroxylation sites is 2. The minimum atomic E-state index is -1.27. The number of nitrogens with zero attached hydrogens (tertiary/aromatic N) is 6. The number of piperidine rings is 2. The molecule has 6 aliphatic rings. The first-order valence-corrected chi connectivity index (χ1v) is 35.5. The van der Waals surface area contributed by atoms with E-state index in [1.807, 2.05) is 30.5 Å². The predicted molar refractivity (Wildman–Crippen MR) is 378 cm³/mol. The van der Waals surface area contributed by atoms with Crippen LogP contribution in [0.3, 0.4) is 0 Å². The first-order chi connectivity index (χ1) is 50.4. The molecule has 4 N–H and O–H groups in total. The molecule has 4 fully saturated rings. The lowest BCUT2D eigenvalue weighted by molar-refractivity contribution is -0.148. The minimum absolute atomic E-state index is 0.0119. The molecule has 7 aromatic rings. The van der Waals surface area contributed by atoms with Gasteiger partial charge in [0.05, 0.1) is 85.9 Å². The molecule has 0 radical (unpaired) electrons. The Morgan fingerprint density at radius 3 is 1.85 bits per heavy atom. The van der Waals surface area contributed by atoms with E-state index in [0.717, 1.165) is 85.8 Å². The molecule has 13 rings (SSSR count). The van der Waals surface area contributed by atoms with Gasteiger partial charge in [0, 0.05) is 61.8 Å². The number of aromatic hydroxyl groups is 1. The van der Waals surface area contributed by atoms with Crippen LogP contribution in [0.4, 0.5) is 4.79 Å². The maximum absolute atomic E-state index is 13.0. The number of allylic oxidation sites excluding steroid dienone is 1. The van der Waals surface area contributed by atoms with Gasteiger partial charge < -0.3 is 58.0 Å². The van der Waals surface area contributed by atoms with Crippen molar-refractivity contribution < 1.29 is 81.4 Å². The molecular weight excluding hydrogens is 1340 g/mol. The van der Waals surface area contributed by atoms with Crippen LogP contribution < -0.4 is 25.5 Å². The van der Waals surface area contributed by atoms with Crippen molar-refractivity contribution in [3.8, 4) is 17.2 Å². The second-order valence-corrected chi connectivity index (χ2v) is 27.1. The van der Waals surface area contributed by atoms with Crippen LogP contribution in [0.1, 0.15) is 175 Å². The third-order valence-corrected chi connectivity index (χ3v) is 18.9. The summed E-state index contributed by atoms with van der Waals surface area (Å²) in [4.78, 5) is 117. The van der Waals surface area contributed by atoms with Crippen molar-refractivity contribution in [1.29, 1.82) is 0 Å². The fourth-order valence-corrected chi connectivity index (χ4v) is 13.8. The minimum Gasteiger partial charge on any atom is -0.507 e. The zero-order valence-corrected chi connectivity index (χ0v) is 58.7. The fourth-order valence-electron chi connectivity index (χ4n) is 13.8. The van der Waals surface area contributed by atoms with Crippen LogP contribution in [0.5, 0.6) is 17.2 Å². The highest BCUT2D eigenvalue weighted by molar-refractivity contribution is 6.12. The van der Waals surface area contributed by atoms with Crippen molar-refractivity contribution >= 4 is 52.4 Å². The van der Waals surface area contributed by atoms with Crippen LogP contribution in [0.25, 0.3) is 11.0 Å². The Kier molecular flexibility index (Phi) is 25.9. The van der Waals surface area contributed by atoms with Crippen molar-refractivity contribution in [3.05, 3.63) is 195 Å². The number of aromatic nitrogens is 4. The summed E-state index contributed by atoms with van der Waals surface area (Å²) in [6.45, 7) is 9.92. The molecular formula is C78H88N8O18. The van der Waals surface area contributed by atoms with Gasteiger partial charge in [0.15, 0.2) is 5.78 Å². The van der Waals surface area contributed by atoms with Gasteiger partial charge in [-0.2, -0.15) is 4.90 Å². The maximum atomic E-state index is 13.0. The summed E-state index contributed by atoms with van der Waals surface area (Å²) in [7, 11) is 0. The Labute approximate surface area is 601 Å². The molecule has 26 heteroatoms. The number of carbonyl (C=O) groups excluding carboxylic acids is 6. The molecule has 4 aromatic carbocycles. The third-order valence-electron chi connectivity index (χ3n) is 18.9. The Bertz CT molecular complexity index is 4270. The van der Waals surface area contributed by atoms with Gasteiger partial charge in [-0.3, -0.25) is 34.1 Å². The van der Waals surface area contributed by atoms with Crippen LogP contribution >= 0.6 is 0 Å². The third kappa shape index (κ3) is 19.6. The molecule has 9 heterocycles. The van der Waals surface area contributed by atoms with Crippen molar-refractivity contribution in [3.63, 3.8) is 0 Å². The van der Waals surface area contributed by atoms with E-state index in [9.17, 15) is 43.5 Å². The Morgan fingerprint density at radius 1 is 0.625 bits per heavy atom. The second-order valence-electron chi connectivity index (χ2n) is 27.1. The molecule has 0 spiro atoms. The smallest absolute Gasteiger partial charge is 0.424 e. The molecule has 6 aliphatic heterocycles. The molecule has 3 aromatic heterocycles. The summed E-state index contributed by atoms with van der Waals surface area (Å²) >= 11 is 0. The average Bonchev–Trinajstić information content (AvgIpc) is 1.59. The van der Waals surface area contributed by atoms with Crippen LogP contribution in [-0.2, 0) is 68.5 Å². The van der Waals surface area contributed by atoms with Gasteiger partial charge in [-0.05, 0) is 169 Å². The van der Waals surface area contributed by atoms with Crippen LogP contribution in [0.15, 0.2) is 137 Å². The molecule has 26 nitrogen and oxygen atoms in total. The molecule has 4 saturated heterocycles. The largest absolute Gasteiger partial charge is 0.507 e. The highest BCUT2D eigenvalue weighted by atomic mass is 16.6. The van der Waals surface area contributed by atoms with E-state index in [0.29, 0.717) is 131 Å². The number of benzene rings is 4. The monoisotopic (exact) mass is 1420 g/mol. The van der Waals surface area contributed by atoms with E-state index in [-0.39, 0.29) is 52.7 Å². The number of carbonyl (C=O) groups is 7. The van der Waals surface area contributed by atoms with Crippen molar-refractivity contribution in [2.75, 3.05) is 66.1 Å². The number of rotatable bonds is 28. The summed E-state index contributed by atoms with van der Waals surface area (Å²) in [6.07, 6.45) is 17.8. The standard InChI is InChI=1S/C36H40N4O7.C32H42N4O7.C10H6O4/c41-32-6-2-1-4-28(32)33(42)15-16-40-25-9-13-31(40)35-29(22-25)30(37-23-38-35)5-3-17-45-18-19-46-20-21-47-26-10-7-24(8-11-26)27-12-14-34(43)39-36(27)44;1-32(2,3)43-31(39)36-28(37)13-11-24(30(36)38)21-6-9-23(10-7-21)42-18-17-41-16-15-40-14-4-5-26-25-19-22-8-12-27(35-22)29(25)34-20-33-26;11-9-6-3-1-2-4-8(6)14-5-7(9)10(12)13/h1-2,4,6-8,10-11,15-16,23,25,27,31,41H,3,5,9,12-14,17-22H2,(H,39,43,44);6-7,9-10,20,22,24,27,35H,4-5,8,11-19H2,1-3H3;1-5H,(H,12,13)/b16-15+;;/t25-,27?,31+;22-,24?,27+;/m00./s1. The van der Waals surface area contributed by atoms with Crippen molar-refractivity contribution in [2.24, 2.45) is 0 Å². The van der Waals surface area contributed by atoms with Gasteiger partial charge >= 0.3 is 12.1 Å². The number of aromatic carboxylic acids is 1. The van der Waals surface area contributed by atoms with Crippen LogP contribution in [0, 0.1) is 0 Å². The predicted octanol–water partition coefficient (Wildman–Crippen LogP) is 9.73. The summed E-state index contributed by atoms with van der Waals surface area (Å²) < 4.78 is 44.6. The van der Waals surface area contributed by atoms with E-state index < -0.39 is 40.8 Å². The second kappa shape index (κ2) is 35.9. The highest BCUT2D eigenvalue weighted by Gasteiger charge is 2.43. The van der Waals surface area contributed by atoms with Gasteiger partial charge in [-0.25, -0.2) is 29.5 Å². The number of phenolic OH excluding ortho intramolecular Hbond substituents is 1. The number of likely N-dealkylation sites (tertiary alicyclic amines) is 1. The number of imide groups is 4. The Hall–Kier alpha value is -10.1. The number of phenols is 1. The van der Waals surface area contributed by atoms with Crippen molar-refractivity contribution in [2.45, 2.75) is 152 Å². The Morgan fingerprint density at radius 2 is 1.21 bits per heavy atom. The number of carboxylic acids is 1. The average molecular weight is 1430 g/mol. The topological polar surface area (TPSA) is 337 Å². The van der Waals surface area contributed by atoms with Gasteiger partial charge in [0.2, 0.25) is 29.1 Å². The number of hydrogen-bond donors (Lipinski definition) is 4. The molecule has 104 heavy (non-hydrogen) atoms. The van der Waals surface area contributed by atoms with Gasteiger partial charge in [-0.15, -0.1) is 0 Å². The summed E-state index contributed by atoms with van der Waals surface area (Å²) in [6, 6.07) is 29.0. The van der Waals surface area contributed by atoms with Gasteiger partial charge in [0.1, 0.15) is 66.1 Å². The number of amides is 5. The van der Waals surface area contributed by atoms with E-state index >= 15 is 0 Å². The lowest BCUT2D eigenvalue weighted by atomic mass is 9.89. The number of nitrogens with one attached hydrogen (secondary N) is 2. The quantitative estimate of drug-likeness (QED) is 0.0153. The number of ketones is 1. The number of fused-ring (bicyclic) bond motifs is 9. The lowest BCUT2D eigenvalue weighted by Crippen LogP contribution is -2.49. The molecule has 0 aliphatic carbocycles. The first-order valence-electron chi connectivity index (χ1n) is 35.5. The maximum Gasteiger partial charge on any atom is 0.424 e. The number of ether oxygens (including phenoxy) is 7. The van der Waals surface area contributed by atoms with E-state index in [1.165, 1.54) is 41.8 Å². The molecule has 6 atom stereocenters. The van der Waals surface area contributed by atoms with Crippen molar-refractivity contribution in [1.82, 2.24) is 40.4 Å². The summed E-state index contributed by atoms with van der Waals surface area (Å²) in [5.41, 5.74) is 7.66. The molecule has 548 valence electrons. The van der Waals surface area contributed by atoms with E-state index in [4.69, 9.17) is 42.7 Å². The molecule has 4 bridgehead atoms. The normalized spacial score (nSPS) is 19.5. The summed E-state index contributed by atoms with van der Waals surface area (Å²) in [5, 5.41) is 25.0. The fraction of sp³-hybridized carbons (Fsp3) is 0.436. The molecule has 2 unspecified atom stereocenters. The van der Waals surface area contributed by atoms with E-state index in [2.05, 4.69) is 35.5 Å². The molecule has 0 saturated carbocycles. The number of carboxylic acid groups (broad SMARTS) is 1. The van der Waals surface area contributed by atoms with E-state index in [1.54, 1.807) is 100 Å². The summed E-state index contributed by atoms with van der Waals surface area (Å²) in [5.74, 6) is -2.62. The highest BCUT2D eigenvalue weighted by Crippen LogP contribution is 2.44. The van der Waals surface area contributed by atoms with Crippen LogP contribution in [-0.4, -0.2) is 165 Å². The van der Waals surface area contributed by atoms with Gasteiger partial charge in [0.25, 0.3) is 0 Å². The zero-order chi connectivity index (χ0) is 73.1. The lowest BCUT2D eigenvalue weighted by Gasteiger charge is -2.35. The SMILES string of the molecule is CC(C)(C)OC(=O)N1C(=O)CCC(c2ccc(OCCOCCOCCCc3ncnc4c3C[C@@H]3CC[C@H]4N3)cc2)C1=O.O=C(O)c1coc2ccccc2c1=O.O=C1CCC(c2ccc(OCCOCCOCCCc3ncnc4c3C[C@@H]3CC[C@H]4N3/C=C/C(=O)c3ccccc3O)cc2)C(=O)N1. The zero-order valence-electron chi connectivity index (χ0n) is 58.7. The van der Waals surface area contributed by atoms with Crippen LogP contribution in [0.2, 0.25) is 0 Å². The molecule has 5 amide bonds. The first kappa shape index (κ1) is 75.1. The van der Waals surface area contributed by atoms with Gasteiger partial charge in [-0.1, -0.05) is 48.5 Å². The number of aryl methyl sites for hydroxylation is 2. The Balaban J connectivity index is 0.000000176. The number of hydrogen-bond acceptors (Lipinski definition) is 23.